The van der Waals surface area contributed by atoms with Gasteiger partial charge in [0.2, 0.25) is 0 Å². The summed E-state index contributed by atoms with van der Waals surface area (Å²) < 4.78 is 11.7. The maximum atomic E-state index is 6.98. The molecule has 0 saturated carbocycles. The van der Waals surface area contributed by atoms with Gasteiger partial charge in [-0.25, -0.2) is 15.0 Å². The summed E-state index contributed by atoms with van der Waals surface area (Å²) in [6.45, 7) is 0. The topological polar surface area (TPSA) is 61.7 Å². The van der Waals surface area contributed by atoms with E-state index in [0.717, 1.165) is 104 Å². The van der Waals surface area contributed by atoms with Crippen molar-refractivity contribution in [3.63, 3.8) is 0 Å². The molecule has 320 valence electrons. The molecule has 0 amide bonds. The van der Waals surface area contributed by atoms with Crippen molar-refractivity contribution >= 4 is 97.9 Å². The molecule has 0 atom stereocenters. The van der Waals surface area contributed by atoms with Crippen LogP contribution in [0.4, 0.5) is 0 Å². The highest BCUT2D eigenvalue weighted by Gasteiger charge is 2.26. The summed E-state index contributed by atoms with van der Waals surface area (Å²) >= 11 is 0. The number of nitrogens with zero attached hydrogens (tertiary/aromatic N) is 5. The van der Waals surface area contributed by atoms with E-state index >= 15 is 0 Å². The van der Waals surface area contributed by atoms with E-state index in [4.69, 9.17) is 19.4 Å². The van der Waals surface area contributed by atoms with Crippen LogP contribution in [0, 0.1) is 0 Å². The molecule has 0 saturated heterocycles. The van der Waals surface area contributed by atoms with Gasteiger partial charge in [-0.1, -0.05) is 158 Å². The third-order valence-electron chi connectivity index (χ3n) is 14.1. The molecule has 0 aliphatic heterocycles. The van der Waals surface area contributed by atoms with E-state index in [1.54, 1.807) is 0 Å². The molecule has 0 unspecified atom stereocenters. The molecule has 0 N–H and O–H groups in total. The van der Waals surface area contributed by atoms with Crippen LogP contribution in [-0.2, 0) is 0 Å². The van der Waals surface area contributed by atoms with Gasteiger partial charge in [-0.3, -0.25) is 0 Å². The summed E-state index contributed by atoms with van der Waals surface area (Å²) in [5, 5.41) is 13.3. The van der Waals surface area contributed by atoms with Gasteiger partial charge < -0.3 is 13.6 Å². The zero-order valence-corrected chi connectivity index (χ0v) is 37.0. The van der Waals surface area contributed by atoms with E-state index in [1.165, 1.54) is 21.5 Å². The van der Waals surface area contributed by atoms with Crippen LogP contribution in [0.2, 0.25) is 0 Å². The number of fused-ring (bicyclic) bond motifs is 13. The molecular weight excluding hydrogens is 843 g/mol. The third-order valence-corrected chi connectivity index (χ3v) is 14.1. The number of aromatic nitrogens is 5. The summed E-state index contributed by atoms with van der Waals surface area (Å²) in [6, 6.07) is 79.7. The molecule has 0 aliphatic rings. The first-order chi connectivity index (χ1) is 34.2. The minimum Gasteiger partial charge on any atom is -0.455 e. The van der Waals surface area contributed by atoms with E-state index in [-0.39, 0.29) is 0 Å². The molecule has 0 fully saturated rings. The fraction of sp³-hybridized carbons (Fsp3) is 0. The highest BCUT2D eigenvalue weighted by Crippen LogP contribution is 2.46. The van der Waals surface area contributed by atoms with Crippen LogP contribution >= 0.6 is 0 Å². The predicted molar refractivity (Wildman–Crippen MR) is 285 cm³/mol. The van der Waals surface area contributed by atoms with Crippen LogP contribution < -0.4 is 0 Å². The Balaban J connectivity index is 1.11. The zero-order valence-electron chi connectivity index (χ0n) is 37.0. The lowest BCUT2D eigenvalue weighted by Gasteiger charge is -2.17. The molecule has 69 heavy (non-hydrogen) atoms. The Morgan fingerprint density at radius 2 is 0.957 bits per heavy atom. The number of hydrogen-bond donors (Lipinski definition) is 0. The third kappa shape index (κ3) is 5.63. The van der Waals surface area contributed by atoms with Crippen molar-refractivity contribution in [3.8, 4) is 45.5 Å². The van der Waals surface area contributed by atoms with E-state index in [9.17, 15) is 0 Å². The maximum Gasteiger partial charge on any atom is 0.166 e. The van der Waals surface area contributed by atoms with Crippen molar-refractivity contribution in [1.82, 2.24) is 24.1 Å². The highest BCUT2D eigenvalue weighted by molar-refractivity contribution is 6.21. The average Bonchev–Trinajstić information content (AvgIpc) is 4.08. The van der Waals surface area contributed by atoms with Gasteiger partial charge in [0, 0.05) is 54.5 Å². The second-order valence-electron chi connectivity index (χ2n) is 17.9. The van der Waals surface area contributed by atoms with Gasteiger partial charge in [0.25, 0.3) is 0 Å². The van der Waals surface area contributed by atoms with Crippen LogP contribution in [0.5, 0.6) is 0 Å². The Labute approximate surface area is 394 Å². The summed E-state index contributed by atoms with van der Waals surface area (Å²) in [5.41, 5.74) is 10.6. The molecule has 0 aliphatic carbocycles. The van der Waals surface area contributed by atoms with Crippen molar-refractivity contribution in [2.45, 2.75) is 0 Å². The van der Waals surface area contributed by atoms with Gasteiger partial charge in [0.15, 0.2) is 17.5 Å². The van der Waals surface area contributed by atoms with Crippen LogP contribution in [0.1, 0.15) is 0 Å². The SMILES string of the molecule is c1ccc(-n2c3ccccc3c3cccc(-c4nc(-c5ccc6ccccc6c5)nc(-c5c(-n6c7ccccc7c7cc8ccccc8cc76)ccc6oc7c8ccccc8ccc7c56)n4)c32)cc1. The molecule has 11 aromatic carbocycles. The lowest BCUT2D eigenvalue weighted by Crippen LogP contribution is -2.05. The smallest absolute Gasteiger partial charge is 0.166 e. The van der Waals surface area contributed by atoms with Crippen molar-refractivity contribution < 1.29 is 4.42 Å². The molecule has 4 heterocycles. The molecule has 6 nitrogen and oxygen atoms in total. The number of hydrogen-bond acceptors (Lipinski definition) is 4. The van der Waals surface area contributed by atoms with Gasteiger partial charge in [-0.2, -0.15) is 0 Å². The van der Waals surface area contributed by atoms with Gasteiger partial charge in [0.1, 0.15) is 11.2 Å². The van der Waals surface area contributed by atoms with E-state index in [1.807, 2.05) is 0 Å². The zero-order chi connectivity index (χ0) is 45.2. The van der Waals surface area contributed by atoms with Gasteiger partial charge in [-0.05, 0) is 93.7 Å². The molecular formula is C63H37N5O. The predicted octanol–water partition coefficient (Wildman–Crippen LogP) is 16.4. The number of furan rings is 1. The van der Waals surface area contributed by atoms with Crippen molar-refractivity contribution in [3.05, 3.63) is 224 Å². The second kappa shape index (κ2) is 14.6. The van der Waals surface area contributed by atoms with Crippen molar-refractivity contribution in [2.24, 2.45) is 0 Å². The molecule has 15 rings (SSSR count). The Hall–Kier alpha value is -9.39. The van der Waals surface area contributed by atoms with E-state index < -0.39 is 0 Å². The van der Waals surface area contributed by atoms with Crippen LogP contribution in [0.15, 0.2) is 229 Å². The Morgan fingerprint density at radius 1 is 0.348 bits per heavy atom. The summed E-state index contributed by atoms with van der Waals surface area (Å²) in [6.07, 6.45) is 0. The Morgan fingerprint density at radius 3 is 1.77 bits per heavy atom. The van der Waals surface area contributed by atoms with Crippen molar-refractivity contribution in [1.29, 1.82) is 0 Å². The van der Waals surface area contributed by atoms with Gasteiger partial charge in [0.05, 0.1) is 33.3 Å². The molecule has 0 bridgehead atoms. The fourth-order valence-corrected chi connectivity index (χ4v) is 11.0. The molecule has 6 heteroatoms. The maximum absolute atomic E-state index is 6.98. The second-order valence-corrected chi connectivity index (χ2v) is 17.9. The standard InChI is InChI=1S/C63H37N5O/c1-2-20-44(21-3-1)67-52-27-12-10-23-46(52)48-25-14-26-50(59(48)67)62-64-61(43-30-29-38-15-4-5-17-40(38)35-43)65-63(66-62)58-54(33-34-56-57(58)49-32-31-39-16-8-9-22-45(39)60(49)69-56)68-53-28-13-11-24-47(53)51-36-41-18-6-7-19-42(41)37-55(51)68/h1-37H. The summed E-state index contributed by atoms with van der Waals surface area (Å²) in [5.74, 6) is 1.70. The fourth-order valence-electron chi connectivity index (χ4n) is 11.0. The monoisotopic (exact) mass is 879 g/mol. The van der Waals surface area contributed by atoms with Gasteiger partial charge in [-0.15, -0.1) is 0 Å². The first kappa shape index (κ1) is 37.8. The molecule has 0 radical (unpaired) electrons. The lowest BCUT2D eigenvalue weighted by atomic mass is 10.00. The Kier molecular flexibility index (Phi) is 7.97. The van der Waals surface area contributed by atoms with Gasteiger partial charge >= 0.3 is 0 Å². The highest BCUT2D eigenvalue weighted by atomic mass is 16.3. The van der Waals surface area contributed by atoms with Crippen LogP contribution in [0.25, 0.3) is 143 Å². The normalized spacial score (nSPS) is 12.1. The van der Waals surface area contributed by atoms with E-state index in [2.05, 4.69) is 234 Å². The Bertz CT molecular complexity index is 4620. The summed E-state index contributed by atoms with van der Waals surface area (Å²) in [4.78, 5) is 16.8. The molecule has 0 spiro atoms. The minimum absolute atomic E-state index is 0.547. The number of para-hydroxylation sites is 4. The van der Waals surface area contributed by atoms with Crippen molar-refractivity contribution in [2.75, 3.05) is 0 Å². The number of rotatable bonds is 5. The van der Waals surface area contributed by atoms with E-state index in [0.29, 0.717) is 17.5 Å². The molecule has 4 aromatic heterocycles. The largest absolute Gasteiger partial charge is 0.455 e. The lowest BCUT2D eigenvalue weighted by molar-refractivity contribution is 0.672. The summed E-state index contributed by atoms with van der Waals surface area (Å²) in [7, 11) is 0. The van der Waals surface area contributed by atoms with Crippen LogP contribution in [-0.4, -0.2) is 24.1 Å². The number of benzene rings is 11. The quantitative estimate of drug-likeness (QED) is 0.173. The average molecular weight is 880 g/mol. The minimum atomic E-state index is 0.547. The molecule has 15 aromatic rings. The van der Waals surface area contributed by atoms with Crippen LogP contribution in [0.3, 0.4) is 0 Å². The first-order valence-corrected chi connectivity index (χ1v) is 23.3. The first-order valence-electron chi connectivity index (χ1n) is 23.3.